The van der Waals surface area contributed by atoms with Gasteiger partial charge < -0.3 is 9.47 Å². The van der Waals surface area contributed by atoms with E-state index in [-0.39, 0.29) is 6.61 Å². The molecule has 0 spiro atoms. The SMILES string of the molecule is CCOC(=O)C(F)OCCC1CC1. The summed E-state index contributed by atoms with van der Waals surface area (Å²) in [4.78, 5) is 10.7. The Bertz CT molecular complexity index is 168. The molecule has 1 unspecified atom stereocenters. The molecule has 1 rings (SSSR count). The summed E-state index contributed by atoms with van der Waals surface area (Å²) in [5.41, 5.74) is 0. The van der Waals surface area contributed by atoms with Crippen molar-refractivity contribution in [1.82, 2.24) is 0 Å². The Morgan fingerprint density at radius 3 is 2.85 bits per heavy atom. The molecule has 0 radical (unpaired) electrons. The van der Waals surface area contributed by atoms with Crippen molar-refractivity contribution in [3.05, 3.63) is 0 Å². The van der Waals surface area contributed by atoms with Crippen LogP contribution in [-0.2, 0) is 14.3 Å². The molecule has 1 aliphatic rings. The maximum absolute atomic E-state index is 12.8. The van der Waals surface area contributed by atoms with Crippen LogP contribution in [0.5, 0.6) is 0 Å². The van der Waals surface area contributed by atoms with Gasteiger partial charge in [0.25, 0.3) is 6.36 Å². The van der Waals surface area contributed by atoms with Crippen LogP contribution in [0, 0.1) is 5.92 Å². The average molecular weight is 190 g/mol. The molecule has 0 bridgehead atoms. The molecule has 1 atom stereocenters. The zero-order valence-corrected chi connectivity index (χ0v) is 7.79. The molecule has 3 nitrogen and oxygen atoms in total. The highest BCUT2D eigenvalue weighted by atomic mass is 19.1. The molecule has 0 amide bonds. The van der Waals surface area contributed by atoms with Gasteiger partial charge in [0.2, 0.25) is 0 Å². The first kappa shape index (κ1) is 10.4. The topological polar surface area (TPSA) is 35.5 Å². The van der Waals surface area contributed by atoms with E-state index in [9.17, 15) is 9.18 Å². The average Bonchev–Trinajstić information content (AvgIpc) is 2.88. The number of carbonyl (C=O) groups excluding carboxylic acids is 1. The summed E-state index contributed by atoms with van der Waals surface area (Å²) in [6.07, 6.45) is 1.36. The zero-order valence-electron chi connectivity index (χ0n) is 7.79. The lowest BCUT2D eigenvalue weighted by Crippen LogP contribution is -2.22. The first-order chi connectivity index (χ1) is 6.24. The molecule has 4 heteroatoms. The van der Waals surface area contributed by atoms with Crippen LogP contribution in [-0.4, -0.2) is 25.5 Å². The first-order valence-corrected chi connectivity index (χ1v) is 4.66. The van der Waals surface area contributed by atoms with Crippen LogP contribution in [0.4, 0.5) is 4.39 Å². The van der Waals surface area contributed by atoms with Gasteiger partial charge in [-0.05, 0) is 19.3 Å². The quantitative estimate of drug-likeness (QED) is 0.597. The van der Waals surface area contributed by atoms with Crippen LogP contribution < -0.4 is 0 Å². The maximum Gasteiger partial charge on any atom is 0.368 e. The molecule has 0 aliphatic heterocycles. The van der Waals surface area contributed by atoms with Gasteiger partial charge in [0.15, 0.2) is 0 Å². The highest BCUT2D eigenvalue weighted by Gasteiger charge is 2.23. The Balaban J connectivity index is 2.01. The monoisotopic (exact) mass is 190 g/mol. The van der Waals surface area contributed by atoms with Crippen LogP contribution >= 0.6 is 0 Å². The molecule has 13 heavy (non-hydrogen) atoms. The third kappa shape index (κ3) is 4.22. The number of ether oxygens (including phenoxy) is 2. The number of esters is 1. The minimum Gasteiger partial charge on any atom is -0.462 e. The van der Waals surface area contributed by atoms with Gasteiger partial charge in [0.1, 0.15) is 0 Å². The lowest BCUT2D eigenvalue weighted by Gasteiger charge is -2.07. The van der Waals surface area contributed by atoms with Gasteiger partial charge >= 0.3 is 5.97 Å². The van der Waals surface area contributed by atoms with Gasteiger partial charge in [-0.15, -0.1) is 0 Å². The maximum atomic E-state index is 12.8. The molecule has 0 aromatic heterocycles. The molecule has 1 saturated carbocycles. The van der Waals surface area contributed by atoms with E-state index in [0.29, 0.717) is 12.5 Å². The Morgan fingerprint density at radius 1 is 1.62 bits per heavy atom. The summed E-state index contributed by atoms with van der Waals surface area (Å²) in [5.74, 6) is -0.229. The van der Waals surface area contributed by atoms with Crippen LogP contribution in [0.1, 0.15) is 26.2 Å². The van der Waals surface area contributed by atoms with E-state index in [1.165, 1.54) is 12.8 Å². The van der Waals surface area contributed by atoms with Gasteiger partial charge in [-0.25, -0.2) is 9.18 Å². The Kier molecular flexibility index (Phi) is 4.15. The number of hydrogen-bond donors (Lipinski definition) is 0. The summed E-state index contributed by atoms with van der Waals surface area (Å²) in [6.45, 7) is 2.13. The fourth-order valence-electron chi connectivity index (χ4n) is 1.02. The standard InChI is InChI=1S/C9H15FO3/c1-2-12-9(11)8(10)13-6-5-7-3-4-7/h7-8H,2-6H2,1H3. The molecule has 0 aromatic rings. The summed E-state index contributed by atoms with van der Waals surface area (Å²) in [7, 11) is 0. The van der Waals surface area contributed by atoms with E-state index in [4.69, 9.17) is 0 Å². The van der Waals surface area contributed by atoms with Crippen molar-refractivity contribution in [2.45, 2.75) is 32.5 Å². The molecule has 76 valence electrons. The number of carbonyl (C=O) groups is 1. The largest absolute Gasteiger partial charge is 0.462 e. The predicted octanol–water partition coefficient (Wildman–Crippen LogP) is 1.66. The van der Waals surface area contributed by atoms with E-state index < -0.39 is 12.3 Å². The van der Waals surface area contributed by atoms with Crippen molar-refractivity contribution in [3.63, 3.8) is 0 Å². The normalized spacial score (nSPS) is 18.3. The van der Waals surface area contributed by atoms with Gasteiger partial charge in [-0.3, -0.25) is 0 Å². The Hall–Kier alpha value is -0.640. The predicted molar refractivity (Wildman–Crippen MR) is 44.8 cm³/mol. The molecule has 0 heterocycles. The molecule has 0 aromatic carbocycles. The molecular formula is C9H15FO3. The Morgan fingerprint density at radius 2 is 2.31 bits per heavy atom. The van der Waals surface area contributed by atoms with Crippen molar-refractivity contribution >= 4 is 5.97 Å². The fourth-order valence-corrected chi connectivity index (χ4v) is 1.02. The van der Waals surface area contributed by atoms with E-state index in [1.807, 2.05) is 0 Å². The third-order valence-corrected chi connectivity index (χ3v) is 1.96. The highest BCUT2D eigenvalue weighted by Crippen LogP contribution is 2.32. The van der Waals surface area contributed by atoms with E-state index >= 15 is 0 Å². The van der Waals surface area contributed by atoms with Crippen LogP contribution in [0.2, 0.25) is 0 Å². The number of halogens is 1. The highest BCUT2D eigenvalue weighted by molar-refractivity contribution is 5.72. The van der Waals surface area contributed by atoms with Crippen LogP contribution in [0.3, 0.4) is 0 Å². The van der Waals surface area contributed by atoms with Crippen LogP contribution in [0.15, 0.2) is 0 Å². The minimum atomic E-state index is -1.90. The van der Waals surface area contributed by atoms with Crippen molar-refractivity contribution in [2.24, 2.45) is 5.92 Å². The molecular weight excluding hydrogens is 175 g/mol. The summed E-state index contributed by atoms with van der Waals surface area (Å²) in [5, 5.41) is 0. The molecule has 1 fully saturated rings. The fraction of sp³-hybridized carbons (Fsp3) is 0.889. The summed E-state index contributed by atoms with van der Waals surface area (Å²) < 4.78 is 21.9. The second-order valence-electron chi connectivity index (χ2n) is 3.17. The summed E-state index contributed by atoms with van der Waals surface area (Å²) in [6, 6.07) is 0. The number of hydrogen-bond acceptors (Lipinski definition) is 3. The molecule has 0 saturated heterocycles. The lowest BCUT2D eigenvalue weighted by molar-refractivity contribution is -0.169. The third-order valence-electron chi connectivity index (χ3n) is 1.96. The number of alkyl halides is 1. The van der Waals surface area contributed by atoms with Crippen molar-refractivity contribution in [1.29, 1.82) is 0 Å². The minimum absolute atomic E-state index is 0.186. The first-order valence-electron chi connectivity index (χ1n) is 4.66. The number of rotatable bonds is 6. The van der Waals surface area contributed by atoms with Gasteiger partial charge in [-0.2, -0.15) is 0 Å². The van der Waals surface area contributed by atoms with Crippen molar-refractivity contribution in [2.75, 3.05) is 13.2 Å². The van der Waals surface area contributed by atoms with E-state index in [1.54, 1.807) is 6.92 Å². The second kappa shape index (κ2) is 5.17. The smallest absolute Gasteiger partial charge is 0.368 e. The van der Waals surface area contributed by atoms with E-state index in [0.717, 1.165) is 6.42 Å². The van der Waals surface area contributed by atoms with Gasteiger partial charge in [0.05, 0.1) is 13.2 Å². The Labute approximate surface area is 77.2 Å². The van der Waals surface area contributed by atoms with E-state index in [2.05, 4.69) is 9.47 Å². The van der Waals surface area contributed by atoms with Crippen molar-refractivity contribution in [3.8, 4) is 0 Å². The lowest BCUT2D eigenvalue weighted by atomic mass is 10.3. The summed E-state index contributed by atoms with van der Waals surface area (Å²) >= 11 is 0. The molecule has 0 N–H and O–H groups in total. The second-order valence-corrected chi connectivity index (χ2v) is 3.17. The molecule has 1 aliphatic carbocycles. The van der Waals surface area contributed by atoms with Crippen LogP contribution in [0.25, 0.3) is 0 Å². The van der Waals surface area contributed by atoms with Crippen molar-refractivity contribution < 1.29 is 18.7 Å². The van der Waals surface area contributed by atoms with Gasteiger partial charge in [0, 0.05) is 0 Å². The zero-order chi connectivity index (χ0) is 9.68. The van der Waals surface area contributed by atoms with Gasteiger partial charge in [-0.1, -0.05) is 12.8 Å².